The molecule has 17 heavy (non-hydrogen) atoms. The van der Waals surface area contributed by atoms with Crippen LogP contribution in [0.4, 0.5) is 11.4 Å². The summed E-state index contributed by atoms with van der Waals surface area (Å²) >= 11 is 0. The highest BCUT2D eigenvalue weighted by Crippen LogP contribution is 2.44. The SMILES string of the molecule is CC1c2nn(C)nc2-c2cccc(N)c2N1C. The number of nitrogens with zero attached hydrogens (tertiary/aromatic N) is 4. The van der Waals surface area contributed by atoms with Gasteiger partial charge in [-0.2, -0.15) is 15.0 Å². The predicted molar refractivity (Wildman–Crippen MR) is 67.7 cm³/mol. The van der Waals surface area contributed by atoms with Crippen molar-refractivity contribution >= 4 is 11.4 Å². The maximum Gasteiger partial charge on any atom is 0.120 e. The van der Waals surface area contributed by atoms with E-state index >= 15 is 0 Å². The first kappa shape index (κ1) is 10.1. The topological polar surface area (TPSA) is 60.0 Å². The van der Waals surface area contributed by atoms with Gasteiger partial charge in [-0.15, -0.1) is 0 Å². The first-order valence-corrected chi connectivity index (χ1v) is 5.62. The molecule has 3 rings (SSSR count). The molecule has 2 heterocycles. The van der Waals surface area contributed by atoms with E-state index in [1.165, 1.54) is 0 Å². The number of benzene rings is 1. The van der Waals surface area contributed by atoms with E-state index in [1.54, 1.807) is 4.80 Å². The van der Waals surface area contributed by atoms with E-state index in [1.807, 2.05) is 32.3 Å². The quantitative estimate of drug-likeness (QED) is 0.697. The molecule has 0 aliphatic carbocycles. The number of aryl methyl sites for hydroxylation is 1. The van der Waals surface area contributed by atoms with Crippen molar-refractivity contribution in [3.8, 4) is 11.3 Å². The average Bonchev–Trinajstić information content (AvgIpc) is 2.68. The lowest BCUT2D eigenvalue weighted by Crippen LogP contribution is -2.27. The Balaban J connectivity index is 2.35. The zero-order chi connectivity index (χ0) is 12.2. The molecule has 1 aliphatic heterocycles. The van der Waals surface area contributed by atoms with Crippen LogP contribution >= 0.6 is 0 Å². The maximum absolute atomic E-state index is 6.06. The highest BCUT2D eigenvalue weighted by atomic mass is 15.5. The number of nitrogen functional groups attached to an aromatic ring is 1. The number of nitrogens with two attached hydrogens (primary N) is 1. The largest absolute Gasteiger partial charge is 0.397 e. The number of rotatable bonds is 0. The summed E-state index contributed by atoms with van der Waals surface area (Å²) < 4.78 is 0. The van der Waals surface area contributed by atoms with Gasteiger partial charge in [0.1, 0.15) is 11.4 Å². The minimum absolute atomic E-state index is 0.191. The summed E-state index contributed by atoms with van der Waals surface area (Å²) in [4.78, 5) is 3.77. The Hall–Kier alpha value is -2.04. The third kappa shape index (κ3) is 1.25. The van der Waals surface area contributed by atoms with Crippen LogP contribution in [0, 0.1) is 0 Å². The molecule has 0 spiro atoms. The highest BCUT2D eigenvalue weighted by molar-refractivity contribution is 5.88. The van der Waals surface area contributed by atoms with Crippen LogP contribution in [-0.4, -0.2) is 22.0 Å². The number of fused-ring (bicyclic) bond motifs is 3. The van der Waals surface area contributed by atoms with Gasteiger partial charge in [-0.05, 0) is 13.0 Å². The number of hydrogen-bond acceptors (Lipinski definition) is 4. The van der Waals surface area contributed by atoms with Crippen LogP contribution in [0.3, 0.4) is 0 Å². The Morgan fingerprint density at radius 3 is 2.76 bits per heavy atom. The van der Waals surface area contributed by atoms with Crippen molar-refractivity contribution in [3.63, 3.8) is 0 Å². The van der Waals surface area contributed by atoms with Crippen molar-refractivity contribution in [3.05, 3.63) is 23.9 Å². The lowest BCUT2D eigenvalue weighted by atomic mass is 9.97. The maximum atomic E-state index is 6.06. The second-order valence-corrected chi connectivity index (χ2v) is 4.45. The first-order valence-electron chi connectivity index (χ1n) is 5.62. The molecule has 0 amide bonds. The fourth-order valence-corrected chi connectivity index (χ4v) is 2.42. The summed E-state index contributed by atoms with van der Waals surface area (Å²) in [6.07, 6.45) is 0. The van der Waals surface area contributed by atoms with Crippen LogP contribution in [0.1, 0.15) is 18.7 Å². The van der Waals surface area contributed by atoms with Gasteiger partial charge in [-0.25, -0.2) is 0 Å². The van der Waals surface area contributed by atoms with Gasteiger partial charge in [0.2, 0.25) is 0 Å². The smallest absolute Gasteiger partial charge is 0.120 e. The van der Waals surface area contributed by atoms with Gasteiger partial charge in [0.25, 0.3) is 0 Å². The molecule has 2 N–H and O–H groups in total. The van der Waals surface area contributed by atoms with E-state index in [4.69, 9.17) is 5.73 Å². The molecule has 0 fully saturated rings. The molecule has 0 saturated carbocycles. The Bertz CT molecular complexity index is 587. The summed E-state index contributed by atoms with van der Waals surface area (Å²) in [5.74, 6) is 0. The lowest BCUT2D eigenvalue weighted by molar-refractivity contribution is 0.626. The number of anilines is 2. The van der Waals surface area contributed by atoms with Gasteiger partial charge in [-0.3, -0.25) is 0 Å². The van der Waals surface area contributed by atoms with E-state index in [0.29, 0.717) is 0 Å². The number of hydrogen-bond donors (Lipinski definition) is 1. The molecule has 0 bridgehead atoms. The Morgan fingerprint density at radius 1 is 1.24 bits per heavy atom. The second-order valence-electron chi connectivity index (χ2n) is 4.45. The highest BCUT2D eigenvalue weighted by Gasteiger charge is 2.30. The van der Waals surface area contributed by atoms with Gasteiger partial charge in [0, 0.05) is 19.7 Å². The zero-order valence-electron chi connectivity index (χ0n) is 10.2. The summed E-state index contributed by atoms with van der Waals surface area (Å²) in [7, 11) is 3.88. The molecule has 0 radical (unpaired) electrons. The molecule has 1 aliphatic rings. The molecule has 1 aromatic heterocycles. The summed E-state index contributed by atoms with van der Waals surface area (Å²) in [5, 5.41) is 8.88. The van der Waals surface area contributed by atoms with Crippen molar-refractivity contribution in [1.82, 2.24) is 15.0 Å². The van der Waals surface area contributed by atoms with Crippen molar-refractivity contribution in [2.45, 2.75) is 13.0 Å². The fraction of sp³-hybridized carbons (Fsp3) is 0.333. The van der Waals surface area contributed by atoms with Crippen LogP contribution in [0.2, 0.25) is 0 Å². The van der Waals surface area contributed by atoms with Crippen LogP contribution in [0.25, 0.3) is 11.3 Å². The molecular weight excluding hydrogens is 214 g/mol. The van der Waals surface area contributed by atoms with Gasteiger partial charge in [0.15, 0.2) is 0 Å². The molecular formula is C12H15N5. The van der Waals surface area contributed by atoms with Crippen LogP contribution in [-0.2, 0) is 7.05 Å². The van der Waals surface area contributed by atoms with Gasteiger partial charge in [0.05, 0.1) is 17.4 Å². The molecule has 2 aromatic rings. The van der Waals surface area contributed by atoms with E-state index < -0.39 is 0 Å². The van der Waals surface area contributed by atoms with Gasteiger partial charge < -0.3 is 10.6 Å². The number of para-hydroxylation sites is 1. The van der Waals surface area contributed by atoms with E-state index in [-0.39, 0.29) is 6.04 Å². The predicted octanol–water partition coefficient (Wildman–Crippen LogP) is 1.58. The third-order valence-electron chi connectivity index (χ3n) is 3.39. The average molecular weight is 229 g/mol. The summed E-state index contributed by atoms with van der Waals surface area (Å²) in [5.41, 5.74) is 10.9. The van der Waals surface area contributed by atoms with Gasteiger partial charge in [-0.1, -0.05) is 12.1 Å². The molecule has 5 heteroatoms. The summed E-state index contributed by atoms with van der Waals surface area (Å²) in [6, 6.07) is 6.11. The van der Waals surface area contributed by atoms with Crippen molar-refractivity contribution in [2.75, 3.05) is 17.7 Å². The van der Waals surface area contributed by atoms with Crippen LogP contribution in [0.5, 0.6) is 0 Å². The fourth-order valence-electron chi connectivity index (χ4n) is 2.42. The third-order valence-corrected chi connectivity index (χ3v) is 3.39. The van der Waals surface area contributed by atoms with Crippen molar-refractivity contribution < 1.29 is 0 Å². The van der Waals surface area contributed by atoms with E-state index in [0.717, 1.165) is 28.3 Å². The monoisotopic (exact) mass is 229 g/mol. The van der Waals surface area contributed by atoms with Gasteiger partial charge >= 0.3 is 0 Å². The molecule has 0 saturated heterocycles. The Labute approximate surface area is 99.8 Å². The number of aromatic nitrogens is 3. The minimum Gasteiger partial charge on any atom is -0.397 e. The molecule has 5 nitrogen and oxygen atoms in total. The molecule has 1 atom stereocenters. The molecule has 1 unspecified atom stereocenters. The lowest BCUT2D eigenvalue weighted by Gasteiger charge is -2.32. The van der Waals surface area contributed by atoms with Crippen molar-refractivity contribution in [1.29, 1.82) is 0 Å². The zero-order valence-corrected chi connectivity index (χ0v) is 10.2. The summed E-state index contributed by atoms with van der Waals surface area (Å²) in [6.45, 7) is 2.11. The minimum atomic E-state index is 0.191. The second kappa shape index (κ2) is 3.23. The first-order chi connectivity index (χ1) is 8.09. The molecule has 88 valence electrons. The van der Waals surface area contributed by atoms with E-state index in [2.05, 4.69) is 22.0 Å². The standard InChI is InChI=1S/C12H15N5/c1-7-10-11(15-17(3)14-10)8-5-4-6-9(13)12(8)16(7)2/h4-7H,13H2,1-3H3. The van der Waals surface area contributed by atoms with Crippen LogP contribution < -0.4 is 10.6 Å². The van der Waals surface area contributed by atoms with Crippen LogP contribution in [0.15, 0.2) is 18.2 Å². The Morgan fingerprint density at radius 2 is 2.00 bits per heavy atom. The van der Waals surface area contributed by atoms with E-state index in [9.17, 15) is 0 Å². The normalized spacial score (nSPS) is 17.8. The molecule has 1 aromatic carbocycles. The van der Waals surface area contributed by atoms with Crippen molar-refractivity contribution in [2.24, 2.45) is 7.05 Å². The Kier molecular flexibility index (Phi) is 1.92.